The lowest BCUT2D eigenvalue weighted by molar-refractivity contribution is 0.0708. The third-order valence-electron chi connectivity index (χ3n) is 5.52. The van der Waals surface area contributed by atoms with Crippen LogP contribution in [0.25, 0.3) is 0 Å². The summed E-state index contributed by atoms with van der Waals surface area (Å²) in [5.74, 6) is -0.356. The van der Waals surface area contributed by atoms with Crippen LogP contribution in [-0.4, -0.2) is 35.0 Å². The van der Waals surface area contributed by atoms with Gasteiger partial charge in [0.1, 0.15) is 5.00 Å². The number of aryl methyl sites for hydroxylation is 1. The highest BCUT2D eigenvalue weighted by Crippen LogP contribution is 2.39. The first kappa shape index (κ1) is 21.3. The number of thiophene rings is 1. The summed E-state index contributed by atoms with van der Waals surface area (Å²) in [4.78, 5) is 29.4. The van der Waals surface area contributed by atoms with Gasteiger partial charge in [0.05, 0.1) is 12.2 Å². The molecule has 2 amide bonds. The summed E-state index contributed by atoms with van der Waals surface area (Å²) >= 11 is 1.51. The molecule has 0 spiro atoms. The molecule has 1 aliphatic carbocycles. The van der Waals surface area contributed by atoms with Crippen LogP contribution in [0.1, 0.15) is 49.6 Å². The van der Waals surface area contributed by atoms with E-state index in [1.54, 1.807) is 17.0 Å². The molecule has 1 heterocycles. The number of rotatable bonds is 7. The van der Waals surface area contributed by atoms with Crippen molar-refractivity contribution in [1.29, 1.82) is 0 Å². The zero-order valence-corrected chi connectivity index (χ0v) is 18.2. The fourth-order valence-electron chi connectivity index (χ4n) is 3.98. The van der Waals surface area contributed by atoms with Gasteiger partial charge in [-0.3, -0.25) is 9.59 Å². The number of aliphatic hydroxyl groups excluding tert-OH is 1. The van der Waals surface area contributed by atoms with Gasteiger partial charge in [-0.25, -0.2) is 0 Å². The summed E-state index contributed by atoms with van der Waals surface area (Å²) in [5, 5.41) is 13.2. The van der Waals surface area contributed by atoms with E-state index in [1.807, 2.05) is 48.5 Å². The molecule has 0 bridgehead atoms. The van der Waals surface area contributed by atoms with Crippen molar-refractivity contribution in [2.24, 2.45) is 0 Å². The van der Waals surface area contributed by atoms with Gasteiger partial charge in [-0.05, 0) is 48.9 Å². The molecule has 1 aliphatic rings. The number of nitrogens with zero attached hydrogens (tertiary/aromatic N) is 1. The van der Waals surface area contributed by atoms with Gasteiger partial charge in [0, 0.05) is 23.5 Å². The fraction of sp³-hybridized carbons (Fsp3) is 0.280. The average Bonchev–Trinajstić information content (AvgIpc) is 3.17. The molecule has 0 radical (unpaired) electrons. The van der Waals surface area contributed by atoms with Gasteiger partial charge in [0.2, 0.25) is 0 Å². The van der Waals surface area contributed by atoms with Crippen molar-refractivity contribution in [3.05, 3.63) is 87.8 Å². The van der Waals surface area contributed by atoms with E-state index < -0.39 is 0 Å². The first-order valence-electron chi connectivity index (χ1n) is 10.6. The quantitative estimate of drug-likeness (QED) is 0.575. The minimum absolute atomic E-state index is 0.114. The van der Waals surface area contributed by atoms with Crippen molar-refractivity contribution in [2.45, 2.75) is 32.2 Å². The maximum absolute atomic E-state index is 13.7. The lowest BCUT2D eigenvalue weighted by atomic mass is 9.95. The average molecular weight is 435 g/mol. The lowest BCUT2D eigenvalue weighted by Crippen LogP contribution is -2.34. The van der Waals surface area contributed by atoms with Crippen molar-refractivity contribution < 1.29 is 14.7 Å². The van der Waals surface area contributed by atoms with Crippen LogP contribution in [0.3, 0.4) is 0 Å². The Hall–Kier alpha value is -2.96. The Kier molecular flexibility index (Phi) is 6.79. The largest absolute Gasteiger partial charge is 0.395 e. The highest BCUT2D eigenvalue weighted by Gasteiger charge is 2.29. The Morgan fingerprint density at radius 2 is 1.65 bits per heavy atom. The second-order valence-electron chi connectivity index (χ2n) is 7.67. The van der Waals surface area contributed by atoms with Gasteiger partial charge < -0.3 is 15.3 Å². The zero-order valence-electron chi connectivity index (χ0n) is 17.3. The molecule has 31 heavy (non-hydrogen) atoms. The normalized spacial score (nSPS) is 12.8. The Balaban J connectivity index is 1.67. The lowest BCUT2D eigenvalue weighted by Gasteiger charge is -2.24. The molecule has 0 fully saturated rings. The number of hydrogen-bond acceptors (Lipinski definition) is 4. The van der Waals surface area contributed by atoms with E-state index in [0.29, 0.717) is 22.7 Å². The van der Waals surface area contributed by atoms with Crippen molar-refractivity contribution in [3.8, 4) is 0 Å². The predicted molar refractivity (Wildman–Crippen MR) is 124 cm³/mol. The molecule has 0 saturated heterocycles. The molecular formula is C25H26N2O3S. The Labute approximate surface area is 186 Å². The van der Waals surface area contributed by atoms with E-state index in [2.05, 4.69) is 5.32 Å². The van der Waals surface area contributed by atoms with Crippen molar-refractivity contribution in [2.75, 3.05) is 18.5 Å². The third-order valence-corrected chi connectivity index (χ3v) is 6.73. The van der Waals surface area contributed by atoms with Gasteiger partial charge in [-0.15, -0.1) is 11.3 Å². The first-order chi connectivity index (χ1) is 15.2. The number of carbonyl (C=O) groups excluding carboxylic acids is 2. The zero-order chi connectivity index (χ0) is 21.6. The van der Waals surface area contributed by atoms with Crippen LogP contribution in [0.15, 0.2) is 60.7 Å². The predicted octanol–water partition coefficient (Wildman–Crippen LogP) is 4.51. The molecule has 5 nitrogen and oxygen atoms in total. The van der Waals surface area contributed by atoms with Crippen LogP contribution >= 0.6 is 11.3 Å². The third kappa shape index (κ3) is 4.86. The van der Waals surface area contributed by atoms with E-state index in [0.717, 1.165) is 36.8 Å². The van der Waals surface area contributed by atoms with E-state index in [-0.39, 0.29) is 25.0 Å². The molecule has 0 saturated carbocycles. The summed E-state index contributed by atoms with van der Waals surface area (Å²) in [6.45, 7) is 0.540. The molecule has 160 valence electrons. The highest BCUT2D eigenvalue weighted by molar-refractivity contribution is 7.17. The van der Waals surface area contributed by atoms with E-state index in [9.17, 15) is 14.7 Å². The highest BCUT2D eigenvalue weighted by atomic mass is 32.1. The summed E-state index contributed by atoms with van der Waals surface area (Å²) in [7, 11) is 0. The maximum Gasteiger partial charge on any atom is 0.257 e. The van der Waals surface area contributed by atoms with Crippen LogP contribution in [-0.2, 0) is 19.4 Å². The standard InChI is InChI=1S/C25H26N2O3S/c28-16-15-27(17-18-9-3-1-4-10-18)25(30)22-20-13-7-8-14-21(20)31-24(22)26-23(29)19-11-5-2-6-12-19/h1-6,9-12,28H,7-8,13-17H2,(H,26,29). The van der Waals surface area contributed by atoms with Crippen LogP contribution in [0.2, 0.25) is 0 Å². The van der Waals surface area contributed by atoms with E-state index in [1.165, 1.54) is 16.2 Å². The number of nitrogens with one attached hydrogen (secondary N) is 1. The molecule has 4 rings (SSSR count). The fourth-order valence-corrected chi connectivity index (χ4v) is 5.26. The topological polar surface area (TPSA) is 69.6 Å². The number of amides is 2. The van der Waals surface area contributed by atoms with Gasteiger partial charge >= 0.3 is 0 Å². The number of anilines is 1. The summed E-state index contributed by atoms with van der Waals surface area (Å²) in [6, 6.07) is 18.8. The summed E-state index contributed by atoms with van der Waals surface area (Å²) < 4.78 is 0. The Morgan fingerprint density at radius 1 is 0.968 bits per heavy atom. The van der Waals surface area contributed by atoms with E-state index in [4.69, 9.17) is 0 Å². The van der Waals surface area contributed by atoms with Gasteiger partial charge in [-0.2, -0.15) is 0 Å². The molecule has 0 atom stereocenters. The van der Waals surface area contributed by atoms with Crippen LogP contribution in [0, 0.1) is 0 Å². The van der Waals surface area contributed by atoms with Crippen LogP contribution in [0.5, 0.6) is 0 Å². The number of fused-ring (bicyclic) bond motifs is 1. The van der Waals surface area contributed by atoms with Crippen LogP contribution < -0.4 is 5.32 Å². The van der Waals surface area contributed by atoms with Gasteiger partial charge in [0.15, 0.2) is 0 Å². The molecule has 0 aliphatic heterocycles. The molecule has 0 unspecified atom stereocenters. The number of hydrogen-bond donors (Lipinski definition) is 2. The molecule has 3 aromatic rings. The van der Waals surface area contributed by atoms with E-state index >= 15 is 0 Å². The van der Waals surface area contributed by atoms with Crippen molar-refractivity contribution in [1.82, 2.24) is 4.90 Å². The molecule has 6 heteroatoms. The SMILES string of the molecule is O=C(Nc1sc2c(c1C(=O)N(CCO)Cc1ccccc1)CCCC2)c1ccccc1. The number of carbonyl (C=O) groups is 2. The van der Waals surface area contributed by atoms with Crippen molar-refractivity contribution in [3.63, 3.8) is 0 Å². The molecule has 1 aromatic heterocycles. The number of benzene rings is 2. The molecule has 2 aromatic carbocycles. The minimum Gasteiger partial charge on any atom is -0.395 e. The van der Waals surface area contributed by atoms with Gasteiger partial charge in [0.25, 0.3) is 11.8 Å². The smallest absolute Gasteiger partial charge is 0.257 e. The summed E-state index contributed by atoms with van der Waals surface area (Å²) in [6.07, 6.45) is 3.90. The Morgan fingerprint density at radius 3 is 2.35 bits per heavy atom. The van der Waals surface area contributed by atoms with Crippen LogP contribution in [0.4, 0.5) is 5.00 Å². The summed E-state index contributed by atoms with van der Waals surface area (Å²) in [5.41, 5.74) is 3.21. The minimum atomic E-state index is -0.218. The monoisotopic (exact) mass is 434 g/mol. The molecular weight excluding hydrogens is 408 g/mol. The first-order valence-corrected chi connectivity index (χ1v) is 11.4. The number of aliphatic hydroxyl groups is 1. The Bertz CT molecular complexity index is 1050. The second-order valence-corrected chi connectivity index (χ2v) is 8.78. The maximum atomic E-state index is 13.7. The second kappa shape index (κ2) is 9.90. The van der Waals surface area contributed by atoms with Crippen molar-refractivity contribution >= 4 is 28.2 Å². The molecule has 2 N–H and O–H groups in total. The van der Waals surface area contributed by atoms with Gasteiger partial charge in [-0.1, -0.05) is 48.5 Å².